The van der Waals surface area contributed by atoms with E-state index in [-0.39, 0.29) is 11.9 Å². The first-order chi connectivity index (χ1) is 6.60. The maximum Gasteiger partial charge on any atom is 0.313 e. The summed E-state index contributed by atoms with van der Waals surface area (Å²) in [5.74, 6) is -1.62. The molecule has 2 unspecified atom stereocenters. The van der Waals surface area contributed by atoms with Gasteiger partial charge in [0, 0.05) is 0 Å². The van der Waals surface area contributed by atoms with Gasteiger partial charge in [-0.05, 0) is 13.3 Å². The number of hydrogen-bond acceptors (Lipinski definition) is 4. The molecule has 14 heavy (non-hydrogen) atoms. The van der Waals surface area contributed by atoms with Crippen molar-refractivity contribution in [1.29, 1.82) is 0 Å². The van der Waals surface area contributed by atoms with Crippen LogP contribution in [-0.4, -0.2) is 26.2 Å². The van der Waals surface area contributed by atoms with E-state index in [2.05, 4.69) is 9.47 Å². The van der Waals surface area contributed by atoms with Crippen LogP contribution in [0.2, 0.25) is 0 Å². The minimum absolute atomic E-state index is 0.353. The maximum atomic E-state index is 11.3. The van der Waals surface area contributed by atoms with Gasteiger partial charge < -0.3 is 9.47 Å². The fourth-order valence-electron chi connectivity index (χ4n) is 1.71. The van der Waals surface area contributed by atoms with Crippen molar-refractivity contribution in [3.63, 3.8) is 0 Å². The number of rotatable bonds is 2. The van der Waals surface area contributed by atoms with Crippen LogP contribution >= 0.6 is 0 Å². The van der Waals surface area contributed by atoms with E-state index < -0.39 is 11.8 Å². The summed E-state index contributed by atoms with van der Waals surface area (Å²) >= 11 is 0. The van der Waals surface area contributed by atoms with E-state index >= 15 is 0 Å². The van der Waals surface area contributed by atoms with E-state index in [1.807, 2.05) is 6.92 Å². The average molecular weight is 198 g/mol. The summed E-state index contributed by atoms with van der Waals surface area (Å²) in [7, 11) is 2.64. The lowest BCUT2D eigenvalue weighted by molar-refractivity contribution is -0.154. The van der Waals surface area contributed by atoms with Crippen LogP contribution in [-0.2, 0) is 19.1 Å². The standard InChI is InChI=1S/C10H14O4/c1-6-4-7(9(11)13-2)8(5-6)10(12)14-3/h4,7-8H,5H2,1-3H3. The summed E-state index contributed by atoms with van der Waals surface area (Å²) in [6, 6.07) is 0. The normalized spacial score (nSPS) is 25.5. The van der Waals surface area contributed by atoms with Crippen LogP contribution < -0.4 is 0 Å². The number of hydrogen-bond donors (Lipinski definition) is 0. The molecule has 4 nitrogen and oxygen atoms in total. The first kappa shape index (κ1) is 10.8. The summed E-state index contributed by atoms with van der Waals surface area (Å²) in [6.07, 6.45) is 2.35. The molecule has 1 rings (SSSR count). The van der Waals surface area contributed by atoms with Gasteiger partial charge in [-0.25, -0.2) is 0 Å². The quantitative estimate of drug-likeness (QED) is 0.489. The van der Waals surface area contributed by atoms with E-state index in [4.69, 9.17) is 0 Å². The summed E-state index contributed by atoms with van der Waals surface area (Å²) < 4.78 is 9.24. The van der Waals surface area contributed by atoms with E-state index in [1.165, 1.54) is 14.2 Å². The molecule has 0 saturated heterocycles. The van der Waals surface area contributed by atoms with Gasteiger partial charge in [0.15, 0.2) is 0 Å². The van der Waals surface area contributed by atoms with Crippen molar-refractivity contribution in [2.24, 2.45) is 11.8 Å². The minimum atomic E-state index is -0.479. The van der Waals surface area contributed by atoms with Crippen molar-refractivity contribution < 1.29 is 19.1 Å². The SMILES string of the molecule is COC(=O)C1C=C(C)CC1C(=O)OC. The molecule has 0 aromatic heterocycles. The molecular formula is C10H14O4. The lowest BCUT2D eigenvalue weighted by atomic mass is 9.95. The highest BCUT2D eigenvalue weighted by Gasteiger charge is 2.37. The van der Waals surface area contributed by atoms with Crippen LogP contribution in [0.25, 0.3) is 0 Å². The van der Waals surface area contributed by atoms with Gasteiger partial charge >= 0.3 is 11.9 Å². The highest BCUT2D eigenvalue weighted by atomic mass is 16.5. The lowest BCUT2D eigenvalue weighted by Gasteiger charge is -2.14. The summed E-state index contributed by atoms with van der Waals surface area (Å²) in [4.78, 5) is 22.6. The molecule has 1 aliphatic carbocycles. The Labute approximate surface area is 82.9 Å². The van der Waals surface area contributed by atoms with E-state index in [0.717, 1.165) is 5.57 Å². The zero-order chi connectivity index (χ0) is 10.7. The fraction of sp³-hybridized carbons (Fsp3) is 0.600. The number of carbonyl (C=O) groups excluding carboxylic acids is 2. The molecule has 4 heteroatoms. The van der Waals surface area contributed by atoms with Crippen LogP contribution in [0, 0.1) is 11.8 Å². The molecule has 0 fully saturated rings. The third kappa shape index (κ3) is 1.95. The minimum Gasteiger partial charge on any atom is -0.469 e. The topological polar surface area (TPSA) is 52.6 Å². The smallest absolute Gasteiger partial charge is 0.313 e. The molecule has 0 amide bonds. The predicted octanol–water partition coefficient (Wildman–Crippen LogP) is 0.915. The highest BCUT2D eigenvalue weighted by Crippen LogP contribution is 2.32. The molecule has 0 bridgehead atoms. The van der Waals surface area contributed by atoms with Crippen molar-refractivity contribution in [2.75, 3.05) is 14.2 Å². The molecule has 0 aromatic rings. The van der Waals surface area contributed by atoms with Gasteiger partial charge in [0.1, 0.15) is 0 Å². The molecule has 0 radical (unpaired) electrons. The van der Waals surface area contributed by atoms with Gasteiger partial charge in [0.05, 0.1) is 26.1 Å². The Kier molecular flexibility index (Phi) is 3.28. The van der Waals surface area contributed by atoms with Gasteiger partial charge in [-0.2, -0.15) is 0 Å². The largest absolute Gasteiger partial charge is 0.469 e. The molecule has 0 spiro atoms. The van der Waals surface area contributed by atoms with Crippen LogP contribution in [0.3, 0.4) is 0 Å². The first-order valence-corrected chi connectivity index (χ1v) is 4.43. The fourth-order valence-corrected chi connectivity index (χ4v) is 1.71. The Morgan fingerprint density at radius 3 is 2.36 bits per heavy atom. The number of carbonyl (C=O) groups is 2. The number of ether oxygens (including phenoxy) is 2. The van der Waals surface area contributed by atoms with Crippen LogP contribution in [0.1, 0.15) is 13.3 Å². The molecule has 2 atom stereocenters. The van der Waals surface area contributed by atoms with E-state index in [0.29, 0.717) is 6.42 Å². The Bertz CT molecular complexity index is 280. The van der Waals surface area contributed by atoms with Crippen molar-refractivity contribution in [2.45, 2.75) is 13.3 Å². The first-order valence-electron chi connectivity index (χ1n) is 4.43. The summed E-state index contributed by atoms with van der Waals surface area (Å²) in [5, 5.41) is 0. The average Bonchev–Trinajstić information content (AvgIpc) is 2.58. The van der Waals surface area contributed by atoms with Gasteiger partial charge in [0.2, 0.25) is 0 Å². The van der Waals surface area contributed by atoms with Gasteiger partial charge in [-0.15, -0.1) is 0 Å². The van der Waals surface area contributed by atoms with Crippen LogP contribution in [0.15, 0.2) is 11.6 Å². The summed E-state index contributed by atoms with van der Waals surface area (Å²) in [6.45, 7) is 1.89. The monoisotopic (exact) mass is 198 g/mol. The number of allylic oxidation sites excluding steroid dienone is 1. The molecule has 1 aliphatic rings. The van der Waals surface area contributed by atoms with Gasteiger partial charge in [-0.1, -0.05) is 11.6 Å². The zero-order valence-electron chi connectivity index (χ0n) is 8.57. The van der Waals surface area contributed by atoms with Crippen molar-refractivity contribution >= 4 is 11.9 Å². The Balaban J connectivity index is 2.79. The van der Waals surface area contributed by atoms with Crippen molar-refractivity contribution in [1.82, 2.24) is 0 Å². The van der Waals surface area contributed by atoms with Crippen molar-refractivity contribution in [3.05, 3.63) is 11.6 Å². The molecule has 0 saturated carbocycles. The van der Waals surface area contributed by atoms with Gasteiger partial charge in [-0.3, -0.25) is 9.59 Å². The third-order valence-corrected chi connectivity index (χ3v) is 2.42. The molecule has 0 aliphatic heterocycles. The third-order valence-electron chi connectivity index (χ3n) is 2.42. The second-order valence-corrected chi connectivity index (χ2v) is 3.40. The second-order valence-electron chi connectivity index (χ2n) is 3.40. The lowest BCUT2D eigenvalue weighted by Crippen LogP contribution is -2.27. The van der Waals surface area contributed by atoms with E-state index in [1.54, 1.807) is 6.08 Å². The number of esters is 2. The highest BCUT2D eigenvalue weighted by molar-refractivity contribution is 5.84. The Morgan fingerprint density at radius 1 is 1.29 bits per heavy atom. The Hall–Kier alpha value is -1.32. The number of methoxy groups -OCH3 is 2. The zero-order valence-corrected chi connectivity index (χ0v) is 8.57. The maximum absolute atomic E-state index is 11.3. The van der Waals surface area contributed by atoms with E-state index in [9.17, 15) is 9.59 Å². The predicted molar refractivity (Wildman–Crippen MR) is 49.4 cm³/mol. The van der Waals surface area contributed by atoms with Gasteiger partial charge in [0.25, 0.3) is 0 Å². The van der Waals surface area contributed by atoms with Crippen molar-refractivity contribution in [3.8, 4) is 0 Å². The molecule has 0 N–H and O–H groups in total. The van der Waals surface area contributed by atoms with Crippen LogP contribution in [0.5, 0.6) is 0 Å². The molecule has 78 valence electrons. The second kappa shape index (κ2) is 4.26. The molecular weight excluding hydrogens is 184 g/mol. The van der Waals surface area contributed by atoms with Crippen LogP contribution in [0.4, 0.5) is 0 Å². The molecule has 0 heterocycles. The molecule has 0 aromatic carbocycles. The summed E-state index contributed by atoms with van der Waals surface area (Å²) in [5.41, 5.74) is 1.02. The Morgan fingerprint density at radius 2 is 1.86 bits per heavy atom.